The van der Waals surface area contributed by atoms with Crippen LogP contribution < -0.4 is 4.74 Å². The quantitative estimate of drug-likeness (QED) is 0.890. The molecule has 0 spiro atoms. The topological polar surface area (TPSA) is 46.5 Å². The molecule has 3 nitrogen and oxygen atoms in total. The van der Waals surface area contributed by atoms with E-state index in [9.17, 15) is 4.79 Å². The molecule has 1 aromatic heterocycles. The standard InChI is InChI=1S/C12H12O3S/c1-7(12(13)14)10-6-16-11-4-3-8(15-2)5-9(10)11/h3-7H,1-2H3,(H,13,14). The van der Waals surface area contributed by atoms with E-state index in [4.69, 9.17) is 9.84 Å². The molecule has 1 atom stereocenters. The molecule has 0 saturated carbocycles. The van der Waals surface area contributed by atoms with Crippen LogP contribution in [0, 0.1) is 0 Å². The van der Waals surface area contributed by atoms with Crippen LogP contribution in [0.4, 0.5) is 0 Å². The fourth-order valence-electron chi connectivity index (χ4n) is 1.62. The molecule has 2 rings (SSSR count). The minimum absolute atomic E-state index is 0.485. The van der Waals surface area contributed by atoms with E-state index in [1.54, 1.807) is 25.4 Å². The number of hydrogen-bond acceptors (Lipinski definition) is 3. The molecule has 0 bridgehead atoms. The number of fused-ring (bicyclic) bond motifs is 1. The Balaban J connectivity index is 2.57. The Hall–Kier alpha value is -1.55. The van der Waals surface area contributed by atoms with Crippen molar-refractivity contribution in [3.63, 3.8) is 0 Å². The Bertz CT molecular complexity index is 530. The average Bonchev–Trinajstić information content (AvgIpc) is 2.70. The van der Waals surface area contributed by atoms with Gasteiger partial charge in [-0.25, -0.2) is 0 Å². The predicted molar refractivity (Wildman–Crippen MR) is 64.4 cm³/mol. The number of carboxylic acid groups (broad SMARTS) is 1. The van der Waals surface area contributed by atoms with Crippen LogP contribution in [0.25, 0.3) is 10.1 Å². The Labute approximate surface area is 97.3 Å². The lowest BCUT2D eigenvalue weighted by molar-refractivity contribution is -0.138. The van der Waals surface area contributed by atoms with Crippen molar-refractivity contribution in [2.75, 3.05) is 7.11 Å². The minimum atomic E-state index is -0.803. The van der Waals surface area contributed by atoms with Gasteiger partial charge in [-0.1, -0.05) is 0 Å². The number of aliphatic carboxylic acids is 1. The molecular weight excluding hydrogens is 224 g/mol. The molecule has 0 aliphatic rings. The summed E-state index contributed by atoms with van der Waals surface area (Å²) in [6, 6.07) is 5.73. The first-order valence-corrected chi connectivity index (χ1v) is 5.79. The monoisotopic (exact) mass is 236 g/mol. The maximum atomic E-state index is 11.0. The molecule has 0 saturated heterocycles. The molecule has 0 amide bonds. The predicted octanol–water partition coefficient (Wildman–Crippen LogP) is 3.10. The van der Waals surface area contributed by atoms with E-state index < -0.39 is 11.9 Å². The van der Waals surface area contributed by atoms with Gasteiger partial charge in [-0.3, -0.25) is 4.79 Å². The number of thiophene rings is 1. The smallest absolute Gasteiger partial charge is 0.310 e. The van der Waals surface area contributed by atoms with E-state index >= 15 is 0 Å². The zero-order valence-corrected chi connectivity index (χ0v) is 9.88. The Morgan fingerprint density at radius 3 is 2.88 bits per heavy atom. The number of carbonyl (C=O) groups is 1. The zero-order valence-electron chi connectivity index (χ0n) is 9.06. The van der Waals surface area contributed by atoms with E-state index in [-0.39, 0.29) is 0 Å². The highest BCUT2D eigenvalue weighted by atomic mass is 32.1. The van der Waals surface area contributed by atoms with Gasteiger partial charge < -0.3 is 9.84 Å². The maximum absolute atomic E-state index is 11.0. The van der Waals surface area contributed by atoms with Crippen LogP contribution in [0.1, 0.15) is 18.4 Å². The highest BCUT2D eigenvalue weighted by Crippen LogP contribution is 2.33. The Kier molecular flexibility index (Phi) is 2.83. The van der Waals surface area contributed by atoms with E-state index in [0.29, 0.717) is 0 Å². The van der Waals surface area contributed by atoms with Crippen molar-refractivity contribution >= 4 is 27.4 Å². The summed E-state index contributed by atoms with van der Waals surface area (Å²) in [5.41, 5.74) is 0.853. The summed E-state index contributed by atoms with van der Waals surface area (Å²) < 4.78 is 6.23. The lowest BCUT2D eigenvalue weighted by Gasteiger charge is -2.05. The number of methoxy groups -OCH3 is 1. The number of benzene rings is 1. The Morgan fingerprint density at radius 2 is 2.25 bits per heavy atom. The van der Waals surface area contributed by atoms with Gasteiger partial charge in [-0.15, -0.1) is 11.3 Å². The van der Waals surface area contributed by atoms with Crippen molar-refractivity contribution in [3.8, 4) is 5.75 Å². The molecule has 1 heterocycles. The lowest BCUT2D eigenvalue weighted by atomic mass is 10.0. The second-order valence-electron chi connectivity index (χ2n) is 3.61. The molecule has 2 aromatic rings. The average molecular weight is 236 g/mol. The first-order chi connectivity index (χ1) is 7.63. The summed E-state index contributed by atoms with van der Waals surface area (Å²) >= 11 is 1.56. The van der Waals surface area contributed by atoms with Crippen LogP contribution >= 0.6 is 11.3 Å². The number of rotatable bonds is 3. The Morgan fingerprint density at radius 1 is 1.50 bits per heavy atom. The molecule has 4 heteroatoms. The summed E-state index contributed by atoms with van der Waals surface area (Å²) in [6.07, 6.45) is 0. The van der Waals surface area contributed by atoms with Crippen LogP contribution in [-0.2, 0) is 4.79 Å². The number of carboxylic acids is 1. The number of ether oxygens (including phenoxy) is 1. The fourth-order valence-corrected chi connectivity index (χ4v) is 2.66. The zero-order chi connectivity index (χ0) is 11.7. The van der Waals surface area contributed by atoms with E-state index in [1.807, 2.05) is 23.6 Å². The van der Waals surface area contributed by atoms with E-state index in [1.165, 1.54) is 0 Å². The van der Waals surface area contributed by atoms with Crippen molar-refractivity contribution in [2.24, 2.45) is 0 Å². The lowest BCUT2D eigenvalue weighted by Crippen LogP contribution is -2.06. The number of hydrogen-bond donors (Lipinski definition) is 1. The van der Waals surface area contributed by atoms with Gasteiger partial charge in [0.25, 0.3) is 0 Å². The highest BCUT2D eigenvalue weighted by molar-refractivity contribution is 7.17. The van der Waals surface area contributed by atoms with Gasteiger partial charge >= 0.3 is 5.97 Å². The SMILES string of the molecule is COc1ccc2scc(C(C)C(=O)O)c2c1. The van der Waals surface area contributed by atoms with Crippen molar-refractivity contribution in [1.29, 1.82) is 0 Å². The first-order valence-electron chi connectivity index (χ1n) is 4.91. The summed E-state index contributed by atoms with van der Waals surface area (Å²) in [4.78, 5) is 11.0. The molecule has 84 valence electrons. The van der Waals surface area contributed by atoms with Gasteiger partial charge in [-0.2, -0.15) is 0 Å². The van der Waals surface area contributed by atoms with Crippen molar-refractivity contribution in [3.05, 3.63) is 29.1 Å². The van der Waals surface area contributed by atoms with Gasteiger partial charge in [0.2, 0.25) is 0 Å². The van der Waals surface area contributed by atoms with Gasteiger partial charge in [0.1, 0.15) is 5.75 Å². The van der Waals surface area contributed by atoms with Crippen LogP contribution in [0.3, 0.4) is 0 Å². The third kappa shape index (κ3) is 1.76. The molecule has 1 N–H and O–H groups in total. The molecule has 0 aliphatic heterocycles. The van der Waals surface area contributed by atoms with Crippen LogP contribution in [0.5, 0.6) is 5.75 Å². The normalized spacial score (nSPS) is 12.6. The van der Waals surface area contributed by atoms with Gasteiger partial charge in [0.15, 0.2) is 0 Å². The minimum Gasteiger partial charge on any atom is -0.497 e. The van der Waals surface area contributed by atoms with Crippen molar-refractivity contribution in [2.45, 2.75) is 12.8 Å². The summed E-state index contributed by atoms with van der Waals surface area (Å²) in [5, 5.41) is 11.9. The van der Waals surface area contributed by atoms with Crippen molar-refractivity contribution in [1.82, 2.24) is 0 Å². The first kappa shape index (κ1) is 11.0. The van der Waals surface area contributed by atoms with Crippen LogP contribution in [0.15, 0.2) is 23.6 Å². The molecule has 16 heavy (non-hydrogen) atoms. The van der Waals surface area contributed by atoms with Gasteiger partial charge in [-0.05, 0) is 36.1 Å². The van der Waals surface area contributed by atoms with Crippen LogP contribution in [0.2, 0.25) is 0 Å². The fraction of sp³-hybridized carbons (Fsp3) is 0.250. The maximum Gasteiger partial charge on any atom is 0.310 e. The highest BCUT2D eigenvalue weighted by Gasteiger charge is 2.18. The molecule has 1 unspecified atom stereocenters. The van der Waals surface area contributed by atoms with E-state index in [0.717, 1.165) is 21.4 Å². The van der Waals surface area contributed by atoms with Crippen LogP contribution in [-0.4, -0.2) is 18.2 Å². The van der Waals surface area contributed by atoms with E-state index in [2.05, 4.69) is 0 Å². The summed E-state index contributed by atoms with van der Waals surface area (Å²) in [7, 11) is 1.60. The van der Waals surface area contributed by atoms with Gasteiger partial charge in [0, 0.05) is 10.1 Å². The van der Waals surface area contributed by atoms with Gasteiger partial charge in [0.05, 0.1) is 13.0 Å². The van der Waals surface area contributed by atoms with Crippen molar-refractivity contribution < 1.29 is 14.6 Å². The summed E-state index contributed by atoms with van der Waals surface area (Å²) in [6.45, 7) is 1.70. The third-order valence-electron chi connectivity index (χ3n) is 2.65. The third-order valence-corrected chi connectivity index (χ3v) is 3.63. The summed E-state index contributed by atoms with van der Waals surface area (Å²) in [5.74, 6) is -0.534. The molecular formula is C12H12O3S. The molecule has 0 radical (unpaired) electrons. The molecule has 0 fully saturated rings. The largest absolute Gasteiger partial charge is 0.497 e. The second-order valence-corrected chi connectivity index (χ2v) is 4.52. The molecule has 1 aromatic carbocycles. The second kappa shape index (κ2) is 4.14. The molecule has 0 aliphatic carbocycles.